The molecule has 2 aromatic rings. The second-order valence-corrected chi connectivity index (χ2v) is 5.32. The van der Waals surface area contributed by atoms with Gasteiger partial charge in [0.15, 0.2) is 0 Å². The van der Waals surface area contributed by atoms with Gasteiger partial charge in [0.25, 0.3) is 11.6 Å². The van der Waals surface area contributed by atoms with Crippen LogP contribution >= 0.6 is 0 Å². The first-order valence-electron chi connectivity index (χ1n) is 7.78. The van der Waals surface area contributed by atoms with Crippen molar-refractivity contribution in [2.75, 3.05) is 11.9 Å². The smallest absolute Gasteiger partial charge is 0.270 e. The molecule has 0 aliphatic heterocycles. The topological polar surface area (TPSA) is 81.5 Å². The molecule has 0 spiro atoms. The summed E-state index contributed by atoms with van der Waals surface area (Å²) < 4.78 is 5.40. The molecule has 6 heteroatoms. The molecule has 2 aromatic carbocycles. The summed E-state index contributed by atoms with van der Waals surface area (Å²) in [6.07, 6.45) is 0.580. The van der Waals surface area contributed by atoms with E-state index in [0.717, 1.165) is 5.56 Å². The lowest BCUT2D eigenvalue weighted by Crippen LogP contribution is -2.14. The minimum atomic E-state index is -0.427. The van der Waals surface area contributed by atoms with E-state index in [2.05, 4.69) is 5.32 Å². The van der Waals surface area contributed by atoms with Gasteiger partial charge in [-0.3, -0.25) is 14.9 Å². The first-order valence-corrected chi connectivity index (χ1v) is 7.78. The third-order valence-electron chi connectivity index (χ3n) is 3.64. The number of carbonyl (C=O) groups is 1. The number of hydrogen-bond donors (Lipinski definition) is 1. The lowest BCUT2D eigenvalue weighted by molar-refractivity contribution is -0.384. The van der Waals surface area contributed by atoms with Gasteiger partial charge in [-0.15, -0.1) is 0 Å². The van der Waals surface area contributed by atoms with Gasteiger partial charge in [0.1, 0.15) is 5.75 Å². The zero-order valence-electron chi connectivity index (χ0n) is 14.0. The highest BCUT2D eigenvalue weighted by molar-refractivity contribution is 6.05. The minimum Gasteiger partial charge on any atom is -0.494 e. The van der Waals surface area contributed by atoms with E-state index in [1.54, 1.807) is 31.2 Å². The number of carbonyl (C=O) groups excluding carboxylic acids is 1. The molecule has 1 N–H and O–H groups in total. The zero-order chi connectivity index (χ0) is 17.7. The van der Waals surface area contributed by atoms with Crippen molar-refractivity contribution in [1.82, 2.24) is 0 Å². The average Bonchev–Trinajstić information content (AvgIpc) is 2.56. The van der Waals surface area contributed by atoms with E-state index < -0.39 is 4.92 Å². The van der Waals surface area contributed by atoms with Crippen LogP contribution in [-0.2, 0) is 6.42 Å². The maximum atomic E-state index is 12.5. The summed E-state index contributed by atoms with van der Waals surface area (Å²) in [6.45, 7) is 6.04. The van der Waals surface area contributed by atoms with Crippen LogP contribution in [0.25, 0.3) is 0 Å². The number of aryl methyl sites for hydroxylation is 2. The van der Waals surface area contributed by atoms with Crippen LogP contribution in [0.2, 0.25) is 0 Å². The number of ether oxygens (including phenoxy) is 1. The number of nitro groups is 1. The van der Waals surface area contributed by atoms with E-state index in [0.29, 0.717) is 35.6 Å². The molecular formula is C18H20N2O4. The van der Waals surface area contributed by atoms with Gasteiger partial charge in [-0.05, 0) is 49.6 Å². The molecule has 0 saturated carbocycles. The van der Waals surface area contributed by atoms with Gasteiger partial charge in [-0.1, -0.05) is 13.0 Å². The van der Waals surface area contributed by atoms with E-state index in [1.807, 2.05) is 13.8 Å². The van der Waals surface area contributed by atoms with Crippen molar-refractivity contribution >= 4 is 17.3 Å². The highest BCUT2D eigenvalue weighted by Gasteiger charge is 2.16. The van der Waals surface area contributed by atoms with Gasteiger partial charge in [-0.2, -0.15) is 0 Å². The van der Waals surface area contributed by atoms with Crippen LogP contribution < -0.4 is 10.1 Å². The molecule has 0 aromatic heterocycles. The number of non-ortho nitro benzene ring substituents is 1. The second-order valence-electron chi connectivity index (χ2n) is 5.32. The van der Waals surface area contributed by atoms with E-state index >= 15 is 0 Å². The Hall–Kier alpha value is -2.89. The maximum Gasteiger partial charge on any atom is 0.270 e. The van der Waals surface area contributed by atoms with Crippen molar-refractivity contribution in [2.45, 2.75) is 27.2 Å². The monoisotopic (exact) mass is 328 g/mol. The molecule has 0 atom stereocenters. The summed E-state index contributed by atoms with van der Waals surface area (Å²) in [5.74, 6) is 0.351. The molecule has 0 heterocycles. The van der Waals surface area contributed by atoms with Gasteiger partial charge in [0.2, 0.25) is 0 Å². The van der Waals surface area contributed by atoms with Gasteiger partial charge in [0.05, 0.1) is 11.5 Å². The van der Waals surface area contributed by atoms with Crippen LogP contribution in [0.4, 0.5) is 11.4 Å². The molecule has 1 amide bonds. The molecule has 0 bridgehead atoms. The molecule has 0 fully saturated rings. The normalized spacial score (nSPS) is 10.3. The largest absolute Gasteiger partial charge is 0.494 e. The summed E-state index contributed by atoms with van der Waals surface area (Å²) in [4.78, 5) is 23.1. The Morgan fingerprint density at radius 3 is 2.62 bits per heavy atom. The number of hydrogen-bond acceptors (Lipinski definition) is 4. The third-order valence-corrected chi connectivity index (χ3v) is 3.64. The lowest BCUT2D eigenvalue weighted by Gasteiger charge is -2.13. The van der Waals surface area contributed by atoms with Crippen LogP contribution in [0.15, 0.2) is 36.4 Å². The molecule has 6 nitrogen and oxygen atoms in total. The summed E-state index contributed by atoms with van der Waals surface area (Å²) in [5, 5.41) is 13.8. The Labute approximate surface area is 140 Å². The summed E-state index contributed by atoms with van der Waals surface area (Å²) in [5.41, 5.74) is 2.52. The fourth-order valence-corrected chi connectivity index (χ4v) is 2.48. The van der Waals surface area contributed by atoms with Crippen molar-refractivity contribution in [1.29, 1.82) is 0 Å². The fourth-order valence-electron chi connectivity index (χ4n) is 2.48. The Kier molecular flexibility index (Phi) is 5.52. The molecule has 0 saturated heterocycles. The Balaban J connectivity index is 2.31. The van der Waals surface area contributed by atoms with E-state index in [1.165, 1.54) is 12.1 Å². The van der Waals surface area contributed by atoms with Crippen LogP contribution in [0, 0.1) is 17.0 Å². The van der Waals surface area contributed by atoms with E-state index in [9.17, 15) is 14.9 Å². The SMILES string of the molecule is CCOc1cccc(C(=O)Nc2c(C)cc([N+](=O)[O-])cc2CC)c1. The predicted octanol–water partition coefficient (Wildman–Crippen LogP) is 4.12. The second kappa shape index (κ2) is 7.59. The zero-order valence-corrected chi connectivity index (χ0v) is 14.0. The van der Waals surface area contributed by atoms with Crippen molar-refractivity contribution in [3.63, 3.8) is 0 Å². The lowest BCUT2D eigenvalue weighted by atomic mass is 10.0. The van der Waals surface area contributed by atoms with Crippen molar-refractivity contribution in [3.8, 4) is 5.75 Å². The number of nitrogens with zero attached hydrogens (tertiary/aromatic N) is 1. The van der Waals surface area contributed by atoms with Gasteiger partial charge in [0, 0.05) is 23.4 Å². The third kappa shape index (κ3) is 3.90. The Morgan fingerprint density at radius 2 is 2.00 bits per heavy atom. The molecule has 24 heavy (non-hydrogen) atoms. The summed E-state index contributed by atoms with van der Waals surface area (Å²) in [6, 6.07) is 9.87. The van der Waals surface area contributed by atoms with Crippen LogP contribution in [0.5, 0.6) is 5.75 Å². The molecular weight excluding hydrogens is 308 g/mol. The van der Waals surface area contributed by atoms with Crippen LogP contribution in [0.3, 0.4) is 0 Å². The number of amides is 1. The molecule has 0 aliphatic carbocycles. The van der Waals surface area contributed by atoms with Crippen molar-refractivity contribution < 1.29 is 14.5 Å². The fraction of sp³-hybridized carbons (Fsp3) is 0.278. The van der Waals surface area contributed by atoms with Gasteiger partial charge in [-0.25, -0.2) is 0 Å². The summed E-state index contributed by atoms with van der Waals surface area (Å²) >= 11 is 0. The Bertz CT molecular complexity index is 772. The molecule has 0 aliphatic rings. The number of rotatable bonds is 6. The van der Waals surface area contributed by atoms with Crippen LogP contribution in [0.1, 0.15) is 35.3 Å². The molecule has 126 valence electrons. The number of nitrogens with one attached hydrogen (secondary N) is 1. The molecule has 0 radical (unpaired) electrons. The number of benzene rings is 2. The summed E-state index contributed by atoms with van der Waals surface area (Å²) in [7, 11) is 0. The first kappa shape index (κ1) is 17.5. The van der Waals surface area contributed by atoms with E-state index in [4.69, 9.17) is 4.74 Å². The number of anilines is 1. The van der Waals surface area contributed by atoms with Crippen molar-refractivity contribution in [2.24, 2.45) is 0 Å². The number of nitro benzene ring substituents is 1. The highest BCUT2D eigenvalue weighted by Crippen LogP contribution is 2.28. The van der Waals surface area contributed by atoms with Crippen LogP contribution in [-0.4, -0.2) is 17.4 Å². The first-order chi connectivity index (χ1) is 11.5. The van der Waals surface area contributed by atoms with Gasteiger partial charge < -0.3 is 10.1 Å². The van der Waals surface area contributed by atoms with E-state index in [-0.39, 0.29) is 11.6 Å². The molecule has 0 unspecified atom stereocenters. The minimum absolute atomic E-state index is 0.0284. The average molecular weight is 328 g/mol. The quantitative estimate of drug-likeness (QED) is 0.639. The maximum absolute atomic E-state index is 12.5. The Morgan fingerprint density at radius 1 is 1.25 bits per heavy atom. The predicted molar refractivity (Wildman–Crippen MR) is 92.8 cm³/mol. The van der Waals surface area contributed by atoms with Crippen molar-refractivity contribution in [3.05, 3.63) is 63.2 Å². The molecule has 2 rings (SSSR count). The van der Waals surface area contributed by atoms with Gasteiger partial charge >= 0.3 is 0 Å². The standard InChI is InChI=1S/C18H20N2O4/c1-4-13-10-15(20(22)23)9-12(3)17(13)19-18(21)14-7-6-8-16(11-14)24-5-2/h6-11H,4-5H2,1-3H3,(H,19,21). The highest BCUT2D eigenvalue weighted by atomic mass is 16.6.